The monoisotopic (exact) mass is 357 g/mol. The van der Waals surface area contributed by atoms with Crippen molar-refractivity contribution in [2.45, 2.75) is 70.7 Å². The molecule has 0 aliphatic carbocycles. The van der Waals surface area contributed by atoms with Crippen LogP contribution in [0.3, 0.4) is 0 Å². The molecule has 2 unspecified atom stereocenters. The predicted octanol–water partition coefficient (Wildman–Crippen LogP) is 1.04. The molecular formula is C17H31N3O5. The summed E-state index contributed by atoms with van der Waals surface area (Å²) in [5.41, 5.74) is -0.520. The molecule has 1 aliphatic heterocycles. The van der Waals surface area contributed by atoms with Gasteiger partial charge in [-0.05, 0) is 53.5 Å². The Labute approximate surface area is 149 Å². The number of carbonyl (C=O) groups is 3. The molecule has 1 saturated heterocycles. The van der Waals surface area contributed by atoms with E-state index >= 15 is 0 Å². The normalized spacial score (nSPS) is 21.6. The van der Waals surface area contributed by atoms with Gasteiger partial charge >= 0.3 is 12.1 Å². The quantitative estimate of drug-likeness (QED) is 0.383. The molecule has 8 heteroatoms. The average molecular weight is 357 g/mol. The predicted molar refractivity (Wildman–Crippen MR) is 93.0 cm³/mol. The first-order valence-electron chi connectivity index (χ1n) is 8.68. The van der Waals surface area contributed by atoms with Gasteiger partial charge in [0, 0.05) is 18.6 Å². The number of esters is 1. The van der Waals surface area contributed by atoms with Crippen LogP contribution in [0, 0.1) is 0 Å². The lowest BCUT2D eigenvalue weighted by Gasteiger charge is -2.25. The summed E-state index contributed by atoms with van der Waals surface area (Å²) in [6, 6.07) is -0.521. The third kappa shape index (κ3) is 7.29. The number of nitrogens with zero attached hydrogens (tertiary/aromatic N) is 1. The summed E-state index contributed by atoms with van der Waals surface area (Å²) in [5.74, 6) is -0.363. The minimum absolute atomic E-state index is 0.0308. The number of carbonyl (C=O) groups excluding carboxylic acids is 3. The molecule has 0 radical (unpaired) electrons. The Morgan fingerprint density at radius 3 is 2.56 bits per heavy atom. The lowest BCUT2D eigenvalue weighted by atomic mass is 10.1. The number of methoxy groups -OCH3 is 1. The zero-order valence-electron chi connectivity index (χ0n) is 15.8. The third-order valence-corrected chi connectivity index (χ3v) is 4.02. The highest BCUT2D eigenvalue weighted by atomic mass is 16.6. The summed E-state index contributed by atoms with van der Waals surface area (Å²) in [4.78, 5) is 36.1. The van der Waals surface area contributed by atoms with Crippen LogP contribution in [0.5, 0.6) is 0 Å². The molecule has 0 bridgehead atoms. The Balaban J connectivity index is 2.28. The van der Waals surface area contributed by atoms with E-state index in [4.69, 9.17) is 9.47 Å². The molecule has 1 aliphatic rings. The maximum Gasteiger partial charge on any atom is 0.407 e. The fourth-order valence-corrected chi connectivity index (χ4v) is 2.88. The van der Waals surface area contributed by atoms with Crippen LogP contribution in [0.4, 0.5) is 4.79 Å². The van der Waals surface area contributed by atoms with Gasteiger partial charge in [-0.25, -0.2) is 9.59 Å². The highest BCUT2D eigenvalue weighted by Gasteiger charge is 2.37. The smallest absolute Gasteiger partial charge is 0.407 e. The third-order valence-electron chi connectivity index (χ3n) is 4.02. The zero-order valence-corrected chi connectivity index (χ0v) is 15.8. The van der Waals surface area contributed by atoms with Gasteiger partial charge in [-0.1, -0.05) is 0 Å². The molecule has 2 N–H and O–H groups in total. The number of amides is 2. The lowest BCUT2D eigenvalue weighted by Crippen LogP contribution is -2.44. The summed E-state index contributed by atoms with van der Waals surface area (Å²) in [5, 5.41) is 6.02. The first kappa shape index (κ1) is 21.2. The Morgan fingerprint density at radius 1 is 1.32 bits per heavy atom. The second-order valence-corrected chi connectivity index (χ2v) is 7.36. The first-order valence-corrected chi connectivity index (χ1v) is 8.68. The van der Waals surface area contributed by atoms with Crippen molar-refractivity contribution in [1.29, 1.82) is 0 Å². The van der Waals surface area contributed by atoms with Crippen molar-refractivity contribution >= 4 is 18.5 Å². The minimum Gasteiger partial charge on any atom is -0.467 e. The first-order chi connectivity index (χ1) is 11.7. The van der Waals surface area contributed by atoms with E-state index in [-0.39, 0.29) is 18.1 Å². The van der Waals surface area contributed by atoms with Crippen molar-refractivity contribution < 1.29 is 23.9 Å². The Bertz CT molecular complexity index is 464. The number of nitrogens with one attached hydrogen (secondary N) is 2. The minimum atomic E-state index is -0.520. The van der Waals surface area contributed by atoms with Crippen LogP contribution >= 0.6 is 0 Å². The van der Waals surface area contributed by atoms with E-state index in [1.165, 1.54) is 7.11 Å². The molecule has 0 aromatic carbocycles. The van der Waals surface area contributed by atoms with E-state index in [1.54, 1.807) is 4.90 Å². The summed E-state index contributed by atoms with van der Waals surface area (Å²) in [7, 11) is 1.33. The molecule has 2 amide bonds. The Morgan fingerprint density at radius 2 is 2.00 bits per heavy atom. The maximum absolute atomic E-state index is 11.7. The van der Waals surface area contributed by atoms with E-state index in [1.807, 2.05) is 27.7 Å². The largest absolute Gasteiger partial charge is 0.467 e. The summed E-state index contributed by atoms with van der Waals surface area (Å²) < 4.78 is 9.94. The molecular weight excluding hydrogens is 326 g/mol. The fourth-order valence-electron chi connectivity index (χ4n) is 2.88. The van der Waals surface area contributed by atoms with Crippen LogP contribution in [-0.2, 0) is 19.1 Å². The molecule has 0 spiro atoms. The van der Waals surface area contributed by atoms with Gasteiger partial charge < -0.3 is 25.0 Å². The van der Waals surface area contributed by atoms with Gasteiger partial charge in [-0.2, -0.15) is 0 Å². The standard InChI is InChI=1S/C17H31N3O5/c1-12(19-16(23)25-17(2,3)4)10-18-9-8-13-6-7-14(15(22)24-5)20(13)11-21/h11-14,18H,6-10H2,1-5H3,(H,19,23)/t12?,13-,14?/m1/s1. The second-order valence-electron chi connectivity index (χ2n) is 7.36. The number of hydrogen-bond acceptors (Lipinski definition) is 6. The number of likely N-dealkylation sites (tertiary alicyclic amines) is 1. The molecule has 1 heterocycles. The number of rotatable bonds is 8. The van der Waals surface area contributed by atoms with Gasteiger partial charge in [0.25, 0.3) is 0 Å². The van der Waals surface area contributed by atoms with E-state index < -0.39 is 17.7 Å². The van der Waals surface area contributed by atoms with Crippen LogP contribution in [-0.4, -0.2) is 67.3 Å². The van der Waals surface area contributed by atoms with Gasteiger partial charge in [-0.3, -0.25) is 4.79 Å². The molecule has 8 nitrogen and oxygen atoms in total. The number of alkyl carbamates (subject to hydrolysis) is 1. The summed E-state index contributed by atoms with van der Waals surface area (Å²) in [6.07, 6.45) is 2.45. The van der Waals surface area contributed by atoms with Crippen LogP contribution in [0.2, 0.25) is 0 Å². The highest BCUT2D eigenvalue weighted by molar-refractivity contribution is 5.78. The second kappa shape index (κ2) is 9.60. The molecule has 0 saturated carbocycles. The van der Waals surface area contributed by atoms with E-state index in [2.05, 4.69) is 10.6 Å². The van der Waals surface area contributed by atoms with Gasteiger partial charge in [0.1, 0.15) is 11.6 Å². The van der Waals surface area contributed by atoms with Crippen LogP contribution in [0.25, 0.3) is 0 Å². The highest BCUT2D eigenvalue weighted by Crippen LogP contribution is 2.25. The molecule has 1 rings (SSSR count). The van der Waals surface area contributed by atoms with Crippen molar-refractivity contribution in [3.63, 3.8) is 0 Å². The van der Waals surface area contributed by atoms with Gasteiger partial charge in [0.05, 0.1) is 7.11 Å². The van der Waals surface area contributed by atoms with Crippen LogP contribution in [0.15, 0.2) is 0 Å². The average Bonchev–Trinajstić information content (AvgIpc) is 2.91. The SMILES string of the molecule is COC(=O)C1CC[C@H](CCNCC(C)NC(=O)OC(C)(C)C)N1C=O. The molecule has 25 heavy (non-hydrogen) atoms. The van der Waals surface area contributed by atoms with Crippen molar-refractivity contribution in [1.82, 2.24) is 15.5 Å². The van der Waals surface area contributed by atoms with Crippen LogP contribution in [0.1, 0.15) is 47.0 Å². The van der Waals surface area contributed by atoms with Gasteiger partial charge in [-0.15, -0.1) is 0 Å². The lowest BCUT2D eigenvalue weighted by molar-refractivity contribution is -0.148. The molecule has 3 atom stereocenters. The van der Waals surface area contributed by atoms with Crippen molar-refractivity contribution in [3.8, 4) is 0 Å². The van der Waals surface area contributed by atoms with E-state index in [0.29, 0.717) is 19.5 Å². The Kier molecular flexibility index (Phi) is 8.15. The number of ether oxygens (including phenoxy) is 2. The summed E-state index contributed by atoms with van der Waals surface area (Å²) in [6.45, 7) is 8.61. The molecule has 144 valence electrons. The van der Waals surface area contributed by atoms with Crippen molar-refractivity contribution in [2.75, 3.05) is 20.2 Å². The number of hydrogen-bond donors (Lipinski definition) is 2. The molecule has 0 aromatic heterocycles. The van der Waals surface area contributed by atoms with Gasteiger partial charge in [0.2, 0.25) is 6.41 Å². The Hall–Kier alpha value is -1.83. The van der Waals surface area contributed by atoms with E-state index in [0.717, 1.165) is 19.3 Å². The fraction of sp³-hybridized carbons (Fsp3) is 0.824. The van der Waals surface area contributed by atoms with Crippen molar-refractivity contribution in [2.24, 2.45) is 0 Å². The molecule has 1 fully saturated rings. The van der Waals surface area contributed by atoms with Gasteiger partial charge in [0.15, 0.2) is 0 Å². The summed E-state index contributed by atoms with van der Waals surface area (Å²) >= 11 is 0. The topological polar surface area (TPSA) is 97.0 Å². The van der Waals surface area contributed by atoms with Crippen molar-refractivity contribution in [3.05, 3.63) is 0 Å². The maximum atomic E-state index is 11.7. The van der Waals surface area contributed by atoms with Crippen LogP contribution < -0.4 is 10.6 Å². The molecule has 0 aromatic rings. The van der Waals surface area contributed by atoms with E-state index in [9.17, 15) is 14.4 Å². The zero-order chi connectivity index (χ0) is 19.0.